The quantitative estimate of drug-likeness (QED) is 0.231. The molecule has 196 valence electrons. The van der Waals surface area contributed by atoms with Crippen LogP contribution in [0.1, 0.15) is 12.8 Å². The summed E-state index contributed by atoms with van der Waals surface area (Å²) in [4.78, 5) is 2.46. The number of fused-ring (bicyclic) bond motifs is 1. The van der Waals surface area contributed by atoms with Crippen LogP contribution in [-0.2, 0) is 20.2 Å². The first-order valence-corrected chi connectivity index (χ1v) is 12.1. The summed E-state index contributed by atoms with van der Waals surface area (Å²) in [5, 5.41) is 6.25. The second kappa shape index (κ2) is 13.3. The number of nitrogens with zero attached hydrogens (tertiary/aromatic N) is 1. The molecular formula is C18H20F6N2O6S2Sn. The van der Waals surface area contributed by atoms with Gasteiger partial charge in [-0.2, -0.15) is 26.3 Å². The molecule has 0 saturated carbocycles. The first-order chi connectivity index (χ1) is 15.3. The minimum atomic E-state index is -6.09. The van der Waals surface area contributed by atoms with Gasteiger partial charge < -0.3 is 19.3 Å². The van der Waals surface area contributed by atoms with Gasteiger partial charge in [0.05, 0.1) is 0 Å². The van der Waals surface area contributed by atoms with Gasteiger partial charge in [0.1, 0.15) is 0 Å². The van der Waals surface area contributed by atoms with Gasteiger partial charge in [-0.05, 0) is 37.9 Å². The number of rotatable bonds is 3. The average Bonchev–Trinajstić information content (AvgIpc) is 3.09. The molecule has 0 aromatic heterocycles. The molecular weight excluding hydrogens is 637 g/mol. The molecule has 1 aliphatic heterocycles. The zero-order chi connectivity index (χ0) is 26.4. The van der Waals surface area contributed by atoms with Crippen LogP contribution < -0.4 is 5.32 Å². The Labute approximate surface area is 215 Å². The van der Waals surface area contributed by atoms with E-state index in [9.17, 15) is 26.3 Å². The first-order valence-electron chi connectivity index (χ1n) is 9.31. The number of alkyl halides is 6. The van der Waals surface area contributed by atoms with Crippen molar-refractivity contribution in [1.29, 1.82) is 0 Å². The van der Waals surface area contributed by atoms with Crippen LogP contribution in [0.4, 0.5) is 32.0 Å². The third kappa shape index (κ3) is 11.1. The monoisotopic (exact) mass is 658 g/mol. The fourth-order valence-electron chi connectivity index (χ4n) is 2.84. The third-order valence-corrected chi connectivity index (χ3v) is 5.69. The van der Waals surface area contributed by atoms with E-state index in [1.165, 1.54) is 35.8 Å². The zero-order valence-corrected chi connectivity index (χ0v) is 22.4. The molecule has 1 N–H and O–H groups in total. The van der Waals surface area contributed by atoms with E-state index in [-0.39, 0.29) is 23.9 Å². The number of benzene rings is 2. The molecule has 1 heterocycles. The van der Waals surface area contributed by atoms with Gasteiger partial charge in [-0.15, -0.1) is 0 Å². The van der Waals surface area contributed by atoms with E-state index >= 15 is 0 Å². The molecule has 0 aliphatic carbocycles. The van der Waals surface area contributed by atoms with Gasteiger partial charge in [0.25, 0.3) is 0 Å². The second-order valence-electron chi connectivity index (χ2n) is 6.98. The Hall–Kier alpha value is -1.34. The van der Waals surface area contributed by atoms with Crippen molar-refractivity contribution in [3.05, 3.63) is 42.5 Å². The molecule has 3 rings (SSSR count). The SMILES string of the molecule is CN1CCC[C@@H]1CNc1cccc2ccccc12.O=S(=O)([O-])C(F)(F)F.O=S(=O)([O-])C(F)(F)F.[Sn+2]. The van der Waals surface area contributed by atoms with Crippen molar-refractivity contribution in [3.63, 3.8) is 0 Å². The fraction of sp³-hybridized carbons (Fsp3) is 0.444. The van der Waals surface area contributed by atoms with E-state index in [2.05, 4.69) is 59.7 Å². The Kier molecular flexibility index (Phi) is 12.8. The maximum absolute atomic E-state index is 10.7. The van der Waals surface area contributed by atoms with Crippen LogP contribution >= 0.6 is 0 Å². The fourth-order valence-corrected chi connectivity index (χ4v) is 2.84. The predicted molar refractivity (Wildman–Crippen MR) is 115 cm³/mol. The molecule has 0 amide bonds. The van der Waals surface area contributed by atoms with Crippen molar-refractivity contribution in [2.45, 2.75) is 29.9 Å². The van der Waals surface area contributed by atoms with Gasteiger partial charge in [0.15, 0.2) is 20.2 Å². The molecule has 35 heavy (non-hydrogen) atoms. The summed E-state index contributed by atoms with van der Waals surface area (Å²) in [6, 6.07) is 15.7. The Morgan fingerprint density at radius 1 is 0.914 bits per heavy atom. The molecule has 2 aromatic carbocycles. The number of hydrogen-bond donors (Lipinski definition) is 1. The Bertz CT molecular complexity index is 1110. The van der Waals surface area contributed by atoms with Gasteiger partial charge in [-0.25, -0.2) is 16.8 Å². The number of nitrogens with one attached hydrogen (secondary N) is 1. The van der Waals surface area contributed by atoms with Crippen molar-refractivity contribution in [2.24, 2.45) is 0 Å². The Morgan fingerprint density at radius 3 is 1.80 bits per heavy atom. The minimum Gasteiger partial charge on any atom is -0.741 e. The van der Waals surface area contributed by atoms with E-state index in [0.29, 0.717) is 6.04 Å². The summed E-state index contributed by atoms with van der Waals surface area (Å²) in [5.74, 6) is 0. The second-order valence-corrected chi connectivity index (χ2v) is 9.73. The maximum Gasteiger partial charge on any atom is 2.00 e. The molecule has 2 aromatic rings. The normalized spacial score (nSPS) is 16.9. The van der Waals surface area contributed by atoms with Crippen LogP contribution in [0, 0.1) is 0 Å². The summed E-state index contributed by atoms with van der Waals surface area (Å²) in [6.45, 7) is 2.28. The van der Waals surface area contributed by atoms with Gasteiger partial charge in [0.2, 0.25) is 0 Å². The third-order valence-electron chi connectivity index (χ3n) is 4.56. The summed E-state index contributed by atoms with van der Waals surface area (Å²) >= 11 is 0. The number of hydrogen-bond acceptors (Lipinski definition) is 8. The molecule has 1 fully saturated rings. The summed E-state index contributed by atoms with van der Waals surface area (Å²) in [7, 11) is -9.96. The number of likely N-dealkylation sites (N-methyl/N-ethyl adjacent to an activating group) is 1. The molecule has 2 radical (unpaired) electrons. The van der Waals surface area contributed by atoms with Crippen molar-refractivity contribution in [2.75, 3.05) is 25.5 Å². The van der Waals surface area contributed by atoms with Crippen molar-refractivity contribution >= 4 is 60.6 Å². The molecule has 8 nitrogen and oxygen atoms in total. The molecule has 1 saturated heterocycles. The van der Waals surface area contributed by atoms with Crippen LogP contribution in [0.5, 0.6) is 0 Å². The molecule has 0 spiro atoms. The Balaban J connectivity index is 0.000000576. The van der Waals surface area contributed by atoms with E-state index in [1.54, 1.807) is 0 Å². The summed E-state index contributed by atoms with van der Waals surface area (Å²) in [6.07, 6.45) is 2.65. The van der Waals surface area contributed by atoms with Crippen LogP contribution in [0.25, 0.3) is 10.8 Å². The van der Waals surface area contributed by atoms with Gasteiger partial charge in [-0.1, -0.05) is 36.4 Å². The van der Waals surface area contributed by atoms with Gasteiger partial charge in [0, 0.05) is 23.7 Å². The maximum atomic E-state index is 10.7. The molecule has 17 heteroatoms. The van der Waals surface area contributed by atoms with Crippen molar-refractivity contribution in [3.8, 4) is 0 Å². The smallest absolute Gasteiger partial charge is 0.741 e. The van der Waals surface area contributed by atoms with Crippen molar-refractivity contribution < 1.29 is 52.3 Å². The molecule has 1 atom stereocenters. The minimum absolute atomic E-state index is 0. The van der Waals surface area contributed by atoms with Crippen LogP contribution in [0.2, 0.25) is 0 Å². The van der Waals surface area contributed by atoms with Crippen LogP contribution in [0.3, 0.4) is 0 Å². The van der Waals surface area contributed by atoms with E-state index in [1.807, 2.05) is 0 Å². The molecule has 1 aliphatic rings. The summed E-state index contributed by atoms with van der Waals surface area (Å²) in [5.41, 5.74) is -10.0. The predicted octanol–water partition coefficient (Wildman–Crippen LogP) is 3.07. The van der Waals surface area contributed by atoms with E-state index in [0.717, 1.165) is 6.54 Å². The van der Waals surface area contributed by atoms with Crippen LogP contribution in [0.15, 0.2) is 42.5 Å². The van der Waals surface area contributed by atoms with Crippen molar-refractivity contribution in [1.82, 2.24) is 4.90 Å². The molecule has 0 bridgehead atoms. The first kappa shape index (κ1) is 33.7. The van der Waals surface area contributed by atoms with Gasteiger partial charge >= 0.3 is 34.9 Å². The Morgan fingerprint density at radius 2 is 1.37 bits per heavy atom. The number of likely N-dealkylation sites (tertiary alicyclic amines) is 1. The number of halogens is 6. The standard InChI is InChI=1S/C16H20N2.2CHF3O3S.Sn/c1-18-11-5-8-14(18)12-17-16-10-4-7-13-6-2-3-9-15(13)16;2*2-1(3,4)8(5,6)7;/h2-4,6-7,9-10,14,17H,5,8,11-12H2,1H3;2*(H,5,6,7);/q;;;+2/p-2/t14-;;;/m1.../s1. The zero-order valence-electron chi connectivity index (χ0n) is 17.9. The van der Waals surface area contributed by atoms with Gasteiger partial charge in [-0.3, -0.25) is 0 Å². The molecule has 0 unspecified atom stereocenters. The van der Waals surface area contributed by atoms with E-state index in [4.69, 9.17) is 25.9 Å². The van der Waals surface area contributed by atoms with E-state index < -0.39 is 31.3 Å². The number of anilines is 1. The summed E-state index contributed by atoms with van der Waals surface area (Å²) < 4.78 is 118. The topological polar surface area (TPSA) is 130 Å². The largest absolute Gasteiger partial charge is 2.00 e. The van der Waals surface area contributed by atoms with Crippen LogP contribution in [-0.4, -0.2) is 91.9 Å². The average molecular weight is 657 g/mol.